The van der Waals surface area contributed by atoms with Crippen molar-refractivity contribution in [1.29, 1.82) is 5.26 Å². The largest absolute Gasteiger partial charge is 0.330 e. The topological polar surface area (TPSA) is 28.7 Å². The number of fused-ring (bicyclic) bond motifs is 1. The maximum atomic E-state index is 9.15. The number of hydrogen-bond donors (Lipinski definition) is 0. The molecule has 0 amide bonds. The lowest BCUT2D eigenvalue weighted by Crippen LogP contribution is -1.96. The SMILES string of the molecule is CCCn1c(Cl)c(C#N)c2c(Cl)cc(Cl)cc21. The van der Waals surface area contributed by atoms with Crippen LogP contribution in [0, 0.1) is 11.3 Å². The smallest absolute Gasteiger partial charge is 0.128 e. The van der Waals surface area contributed by atoms with Crippen LogP contribution in [-0.2, 0) is 6.54 Å². The fourth-order valence-electron chi connectivity index (χ4n) is 1.91. The zero-order valence-corrected chi connectivity index (χ0v) is 11.4. The Morgan fingerprint density at radius 3 is 2.59 bits per heavy atom. The van der Waals surface area contributed by atoms with Crippen molar-refractivity contribution in [1.82, 2.24) is 4.57 Å². The van der Waals surface area contributed by atoms with Crippen molar-refractivity contribution in [2.75, 3.05) is 0 Å². The summed E-state index contributed by atoms with van der Waals surface area (Å²) in [4.78, 5) is 0. The second-order valence-corrected chi connectivity index (χ2v) is 4.91. The molecule has 88 valence electrons. The fourth-order valence-corrected chi connectivity index (χ4v) is 2.80. The molecule has 0 atom stereocenters. The summed E-state index contributed by atoms with van der Waals surface area (Å²) in [7, 11) is 0. The third-order valence-corrected chi connectivity index (χ3v) is 3.49. The molecule has 2 nitrogen and oxygen atoms in total. The van der Waals surface area contributed by atoms with E-state index in [-0.39, 0.29) is 0 Å². The Balaban J connectivity index is 2.91. The minimum absolute atomic E-state index is 0.414. The molecule has 0 aliphatic rings. The maximum Gasteiger partial charge on any atom is 0.128 e. The van der Waals surface area contributed by atoms with Gasteiger partial charge in [-0.05, 0) is 18.6 Å². The molecule has 2 rings (SSSR count). The van der Waals surface area contributed by atoms with E-state index in [0.717, 1.165) is 18.5 Å². The number of nitrogens with zero attached hydrogens (tertiary/aromatic N) is 2. The molecule has 0 fully saturated rings. The van der Waals surface area contributed by atoms with Gasteiger partial charge in [0.05, 0.1) is 16.1 Å². The van der Waals surface area contributed by atoms with Gasteiger partial charge in [-0.15, -0.1) is 0 Å². The number of aromatic nitrogens is 1. The number of rotatable bonds is 2. The summed E-state index contributed by atoms with van der Waals surface area (Å²) >= 11 is 18.3. The van der Waals surface area contributed by atoms with Gasteiger partial charge in [0.25, 0.3) is 0 Å². The summed E-state index contributed by atoms with van der Waals surface area (Å²) in [5.74, 6) is 0. The molecule has 0 aliphatic heterocycles. The van der Waals surface area contributed by atoms with E-state index in [1.807, 2.05) is 11.5 Å². The minimum Gasteiger partial charge on any atom is -0.330 e. The van der Waals surface area contributed by atoms with E-state index in [1.165, 1.54) is 0 Å². The van der Waals surface area contributed by atoms with Crippen molar-refractivity contribution in [3.8, 4) is 6.07 Å². The van der Waals surface area contributed by atoms with Gasteiger partial charge in [0.15, 0.2) is 0 Å². The van der Waals surface area contributed by atoms with Crippen LogP contribution >= 0.6 is 34.8 Å². The lowest BCUT2D eigenvalue weighted by Gasteiger charge is -2.05. The summed E-state index contributed by atoms with van der Waals surface area (Å²) < 4.78 is 1.87. The molecule has 1 aromatic carbocycles. The molecule has 17 heavy (non-hydrogen) atoms. The minimum atomic E-state index is 0.414. The van der Waals surface area contributed by atoms with Crippen LogP contribution in [0.2, 0.25) is 15.2 Å². The molecule has 0 saturated carbocycles. The van der Waals surface area contributed by atoms with Gasteiger partial charge in [0.1, 0.15) is 11.2 Å². The van der Waals surface area contributed by atoms with Gasteiger partial charge in [-0.1, -0.05) is 41.7 Å². The Morgan fingerprint density at radius 2 is 2.00 bits per heavy atom. The van der Waals surface area contributed by atoms with Crippen molar-refractivity contribution < 1.29 is 0 Å². The highest BCUT2D eigenvalue weighted by molar-refractivity contribution is 6.40. The second kappa shape index (κ2) is 4.78. The normalized spacial score (nSPS) is 10.8. The zero-order valence-electron chi connectivity index (χ0n) is 9.10. The molecule has 1 heterocycles. The Hall–Kier alpha value is -0.880. The van der Waals surface area contributed by atoms with Gasteiger partial charge in [-0.2, -0.15) is 5.26 Å². The lowest BCUT2D eigenvalue weighted by molar-refractivity contribution is 0.704. The first-order valence-corrected chi connectivity index (χ1v) is 6.30. The summed E-state index contributed by atoms with van der Waals surface area (Å²) in [5.41, 5.74) is 1.22. The predicted molar refractivity (Wildman–Crippen MR) is 72.0 cm³/mol. The highest BCUT2D eigenvalue weighted by atomic mass is 35.5. The van der Waals surface area contributed by atoms with E-state index in [1.54, 1.807) is 12.1 Å². The van der Waals surface area contributed by atoms with Crippen molar-refractivity contribution in [3.05, 3.63) is 32.9 Å². The average molecular weight is 288 g/mol. The summed E-state index contributed by atoms with van der Waals surface area (Å²) in [6.07, 6.45) is 0.915. The highest BCUT2D eigenvalue weighted by Gasteiger charge is 2.18. The molecule has 1 aromatic heterocycles. The summed E-state index contributed by atoms with van der Waals surface area (Å²) in [6, 6.07) is 5.50. The second-order valence-electron chi connectivity index (χ2n) is 3.71. The predicted octanol–water partition coefficient (Wildman–Crippen LogP) is 4.88. The molecule has 0 aliphatic carbocycles. The Kier molecular flexibility index (Phi) is 3.53. The third-order valence-electron chi connectivity index (χ3n) is 2.58. The van der Waals surface area contributed by atoms with E-state index in [9.17, 15) is 0 Å². The van der Waals surface area contributed by atoms with Gasteiger partial charge < -0.3 is 4.57 Å². The molecule has 0 bridgehead atoms. The summed E-state index contributed by atoms with van der Waals surface area (Å²) in [5, 5.41) is 11.3. The van der Waals surface area contributed by atoms with E-state index < -0.39 is 0 Å². The van der Waals surface area contributed by atoms with E-state index in [2.05, 4.69) is 6.07 Å². The molecular weight excluding hydrogens is 279 g/mol. The van der Waals surface area contributed by atoms with E-state index in [4.69, 9.17) is 40.1 Å². The van der Waals surface area contributed by atoms with Crippen LogP contribution in [0.3, 0.4) is 0 Å². The lowest BCUT2D eigenvalue weighted by atomic mass is 10.2. The number of nitriles is 1. The van der Waals surface area contributed by atoms with Gasteiger partial charge >= 0.3 is 0 Å². The first-order chi connectivity index (χ1) is 8.10. The molecule has 0 N–H and O–H groups in total. The first-order valence-electron chi connectivity index (χ1n) is 5.17. The van der Waals surface area contributed by atoms with Crippen LogP contribution in [0.1, 0.15) is 18.9 Å². The van der Waals surface area contributed by atoms with Crippen molar-refractivity contribution in [2.45, 2.75) is 19.9 Å². The van der Waals surface area contributed by atoms with Crippen LogP contribution < -0.4 is 0 Å². The number of hydrogen-bond acceptors (Lipinski definition) is 1. The molecule has 0 spiro atoms. The monoisotopic (exact) mass is 286 g/mol. The van der Waals surface area contributed by atoms with Gasteiger partial charge in [0.2, 0.25) is 0 Å². The standard InChI is InChI=1S/C12H9Cl3N2/c1-2-3-17-10-5-7(13)4-9(14)11(10)8(6-16)12(17)15/h4-5H,2-3H2,1H3. The maximum absolute atomic E-state index is 9.15. The molecule has 2 aromatic rings. The Bertz CT molecular complexity index is 623. The highest BCUT2D eigenvalue weighted by Crippen LogP contribution is 2.36. The number of aryl methyl sites for hydroxylation is 1. The fraction of sp³-hybridized carbons (Fsp3) is 0.250. The summed E-state index contributed by atoms with van der Waals surface area (Å²) in [6.45, 7) is 2.77. The molecular formula is C12H9Cl3N2. The van der Waals surface area contributed by atoms with Gasteiger partial charge in [-0.3, -0.25) is 0 Å². The van der Waals surface area contributed by atoms with Crippen LogP contribution in [0.25, 0.3) is 10.9 Å². The average Bonchev–Trinajstić information content (AvgIpc) is 2.53. The van der Waals surface area contributed by atoms with Crippen molar-refractivity contribution >= 4 is 45.7 Å². The van der Waals surface area contributed by atoms with Gasteiger partial charge in [0, 0.05) is 17.0 Å². The quantitative estimate of drug-likeness (QED) is 0.773. The van der Waals surface area contributed by atoms with Gasteiger partial charge in [-0.25, -0.2) is 0 Å². The molecule has 0 saturated heterocycles. The van der Waals surface area contributed by atoms with Crippen LogP contribution in [0.4, 0.5) is 0 Å². The first kappa shape index (κ1) is 12.6. The molecule has 0 unspecified atom stereocenters. The Morgan fingerprint density at radius 1 is 1.29 bits per heavy atom. The molecule has 5 heteroatoms. The Labute approximate surface area is 114 Å². The van der Waals surface area contributed by atoms with E-state index in [0.29, 0.717) is 26.1 Å². The number of benzene rings is 1. The van der Waals surface area contributed by atoms with Crippen molar-refractivity contribution in [3.63, 3.8) is 0 Å². The van der Waals surface area contributed by atoms with Crippen LogP contribution in [0.15, 0.2) is 12.1 Å². The zero-order chi connectivity index (χ0) is 12.6. The van der Waals surface area contributed by atoms with E-state index >= 15 is 0 Å². The van der Waals surface area contributed by atoms with Crippen LogP contribution in [-0.4, -0.2) is 4.57 Å². The number of halogens is 3. The van der Waals surface area contributed by atoms with Crippen LogP contribution in [0.5, 0.6) is 0 Å². The third kappa shape index (κ3) is 1.99. The molecule has 0 radical (unpaired) electrons. The van der Waals surface area contributed by atoms with Crippen molar-refractivity contribution in [2.24, 2.45) is 0 Å².